The number of aromatic carboxylic acids is 1. The third kappa shape index (κ3) is 3.22. The lowest BCUT2D eigenvalue weighted by Crippen LogP contribution is -2.18. The van der Waals surface area contributed by atoms with Gasteiger partial charge < -0.3 is 10.4 Å². The highest BCUT2D eigenvalue weighted by atomic mass is 16.4. The maximum absolute atomic E-state index is 11.2. The van der Waals surface area contributed by atoms with Crippen molar-refractivity contribution in [3.8, 4) is 12.3 Å². The monoisotopic (exact) mass is 232 g/mol. The molecule has 17 heavy (non-hydrogen) atoms. The van der Waals surface area contributed by atoms with E-state index in [1.165, 1.54) is 0 Å². The number of aryl methyl sites for hydroxylation is 2. The van der Waals surface area contributed by atoms with E-state index in [9.17, 15) is 4.79 Å². The Kier molecular flexibility index (Phi) is 4.11. The van der Waals surface area contributed by atoms with Gasteiger partial charge in [-0.2, -0.15) is 0 Å². The van der Waals surface area contributed by atoms with Crippen LogP contribution in [-0.4, -0.2) is 22.1 Å². The molecule has 0 spiro atoms. The number of nitrogens with zero attached hydrogens (tertiary/aromatic N) is 1. The molecule has 0 saturated carbocycles. The topological polar surface area (TPSA) is 62.2 Å². The van der Waals surface area contributed by atoms with Crippen LogP contribution in [-0.2, 0) is 0 Å². The summed E-state index contributed by atoms with van der Waals surface area (Å²) < 4.78 is 0. The van der Waals surface area contributed by atoms with Gasteiger partial charge in [-0.15, -0.1) is 12.3 Å². The highest BCUT2D eigenvalue weighted by molar-refractivity contribution is 5.95. The Labute approximate surface area is 101 Å². The lowest BCUT2D eigenvalue weighted by Gasteiger charge is -2.16. The Balaban J connectivity index is 3.13. The molecule has 1 unspecified atom stereocenters. The Morgan fingerprint density at radius 3 is 2.82 bits per heavy atom. The second kappa shape index (κ2) is 5.35. The molecule has 0 aromatic carbocycles. The van der Waals surface area contributed by atoms with Crippen molar-refractivity contribution in [2.45, 2.75) is 33.2 Å². The number of hydrogen-bond acceptors (Lipinski definition) is 3. The number of carboxylic acid groups (broad SMARTS) is 1. The second-order valence-electron chi connectivity index (χ2n) is 4.03. The molecule has 90 valence electrons. The van der Waals surface area contributed by atoms with Crippen molar-refractivity contribution in [3.05, 3.63) is 23.0 Å². The quantitative estimate of drug-likeness (QED) is 0.781. The van der Waals surface area contributed by atoms with E-state index in [4.69, 9.17) is 11.5 Å². The van der Waals surface area contributed by atoms with Gasteiger partial charge in [-0.3, -0.25) is 4.98 Å². The normalized spacial score (nSPS) is 11.6. The molecule has 2 N–H and O–H groups in total. The molecular weight excluding hydrogens is 216 g/mol. The van der Waals surface area contributed by atoms with Gasteiger partial charge in [-0.05, 0) is 26.8 Å². The maximum atomic E-state index is 11.2. The average molecular weight is 232 g/mol. The Morgan fingerprint density at radius 2 is 2.29 bits per heavy atom. The summed E-state index contributed by atoms with van der Waals surface area (Å²) in [4.78, 5) is 15.3. The van der Waals surface area contributed by atoms with Gasteiger partial charge in [0.2, 0.25) is 0 Å². The van der Waals surface area contributed by atoms with Gasteiger partial charge in [0, 0.05) is 18.2 Å². The van der Waals surface area contributed by atoms with Gasteiger partial charge in [0.15, 0.2) is 0 Å². The molecule has 0 fully saturated rings. The van der Waals surface area contributed by atoms with Crippen molar-refractivity contribution in [2.75, 3.05) is 5.32 Å². The molecule has 0 bridgehead atoms. The summed E-state index contributed by atoms with van der Waals surface area (Å²) in [6.45, 7) is 5.43. The van der Waals surface area contributed by atoms with Gasteiger partial charge in [0.05, 0.1) is 11.4 Å². The first-order chi connectivity index (χ1) is 7.95. The van der Waals surface area contributed by atoms with E-state index in [-0.39, 0.29) is 11.6 Å². The first-order valence-electron chi connectivity index (χ1n) is 5.37. The summed E-state index contributed by atoms with van der Waals surface area (Å²) in [5.74, 6) is 1.56. The van der Waals surface area contributed by atoms with Gasteiger partial charge >= 0.3 is 5.97 Å². The van der Waals surface area contributed by atoms with E-state index in [1.54, 1.807) is 13.0 Å². The average Bonchev–Trinajstić information content (AvgIpc) is 2.15. The fraction of sp³-hybridized carbons (Fsp3) is 0.385. The molecule has 0 radical (unpaired) electrons. The second-order valence-corrected chi connectivity index (χ2v) is 4.03. The van der Waals surface area contributed by atoms with Crippen LogP contribution in [0.4, 0.5) is 5.69 Å². The zero-order chi connectivity index (χ0) is 13.0. The summed E-state index contributed by atoms with van der Waals surface area (Å²) in [7, 11) is 0. The highest BCUT2D eigenvalue weighted by Crippen LogP contribution is 2.21. The molecule has 1 rings (SSSR count). The van der Waals surface area contributed by atoms with Crippen LogP contribution in [0.3, 0.4) is 0 Å². The van der Waals surface area contributed by atoms with Crippen LogP contribution >= 0.6 is 0 Å². The number of anilines is 1. The Hall–Kier alpha value is -2.02. The van der Waals surface area contributed by atoms with Crippen molar-refractivity contribution in [1.29, 1.82) is 0 Å². The summed E-state index contributed by atoms with van der Waals surface area (Å²) in [5, 5.41) is 12.3. The number of pyridine rings is 1. The highest BCUT2D eigenvalue weighted by Gasteiger charge is 2.16. The maximum Gasteiger partial charge on any atom is 0.339 e. The van der Waals surface area contributed by atoms with Gasteiger partial charge in [-0.25, -0.2) is 4.79 Å². The number of hydrogen-bond donors (Lipinski definition) is 2. The number of carbonyl (C=O) groups is 1. The number of rotatable bonds is 4. The van der Waals surface area contributed by atoms with E-state index < -0.39 is 5.97 Å². The number of aromatic nitrogens is 1. The minimum absolute atomic E-state index is 0.0271. The lowest BCUT2D eigenvalue weighted by molar-refractivity contribution is 0.0696. The molecule has 4 nitrogen and oxygen atoms in total. The minimum Gasteiger partial charge on any atom is -0.478 e. The molecule has 4 heteroatoms. The van der Waals surface area contributed by atoms with Crippen molar-refractivity contribution in [1.82, 2.24) is 4.98 Å². The van der Waals surface area contributed by atoms with Crippen molar-refractivity contribution < 1.29 is 9.90 Å². The molecule has 0 aliphatic carbocycles. The Bertz CT molecular complexity index is 475. The zero-order valence-corrected chi connectivity index (χ0v) is 10.2. The molecule has 1 aromatic rings. The first kappa shape index (κ1) is 13.0. The molecule has 0 saturated heterocycles. The van der Waals surface area contributed by atoms with Gasteiger partial charge in [0.25, 0.3) is 0 Å². The van der Waals surface area contributed by atoms with Gasteiger partial charge in [-0.1, -0.05) is 0 Å². The van der Waals surface area contributed by atoms with Crippen molar-refractivity contribution in [3.63, 3.8) is 0 Å². The number of nitrogens with one attached hydrogen (secondary N) is 1. The zero-order valence-electron chi connectivity index (χ0n) is 10.2. The Morgan fingerprint density at radius 1 is 1.65 bits per heavy atom. The molecule has 0 aliphatic heterocycles. The van der Waals surface area contributed by atoms with Crippen LogP contribution in [0.5, 0.6) is 0 Å². The minimum atomic E-state index is -0.981. The predicted molar refractivity (Wildman–Crippen MR) is 67.2 cm³/mol. The fourth-order valence-corrected chi connectivity index (χ4v) is 1.71. The third-order valence-electron chi connectivity index (χ3n) is 2.37. The van der Waals surface area contributed by atoms with Gasteiger partial charge in [0.1, 0.15) is 5.56 Å². The van der Waals surface area contributed by atoms with Crippen molar-refractivity contribution >= 4 is 11.7 Å². The van der Waals surface area contributed by atoms with Crippen molar-refractivity contribution in [2.24, 2.45) is 0 Å². The van der Waals surface area contributed by atoms with E-state index in [2.05, 4.69) is 16.2 Å². The SMILES string of the molecule is C#CCC(C)Nc1cc(C)nc(C)c1C(=O)O. The lowest BCUT2D eigenvalue weighted by atomic mass is 10.1. The summed E-state index contributed by atoms with van der Waals surface area (Å²) in [6.07, 6.45) is 5.76. The summed E-state index contributed by atoms with van der Waals surface area (Å²) in [5.41, 5.74) is 2.07. The number of carboxylic acids is 1. The van der Waals surface area contributed by atoms with Crippen LogP contribution in [0.2, 0.25) is 0 Å². The van der Waals surface area contributed by atoms with Crippen LogP contribution < -0.4 is 5.32 Å². The standard InChI is InChI=1S/C13H16N2O2/c1-5-6-8(2)15-11-7-9(3)14-10(4)12(11)13(16)17/h1,7-8H,6H2,2-4H3,(H,14,15)(H,16,17). The summed E-state index contributed by atoms with van der Waals surface area (Å²) >= 11 is 0. The molecule has 1 heterocycles. The van der Waals surface area contributed by atoms with Crippen LogP contribution in [0.15, 0.2) is 6.07 Å². The molecular formula is C13H16N2O2. The van der Waals surface area contributed by atoms with Crippen LogP contribution in [0.1, 0.15) is 35.1 Å². The summed E-state index contributed by atoms with van der Waals surface area (Å²) in [6, 6.07) is 1.75. The number of terminal acetylenes is 1. The first-order valence-corrected chi connectivity index (χ1v) is 5.37. The van der Waals surface area contributed by atoms with Crippen LogP contribution in [0.25, 0.3) is 0 Å². The largest absolute Gasteiger partial charge is 0.478 e. The van der Waals surface area contributed by atoms with E-state index in [1.807, 2.05) is 13.8 Å². The van der Waals surface area contributed by atoms with E-state index >= 15 is 0 Å². The third-order valence-corrected chi connectivity index (χ3v) is 2.37. The predicted octanol–water partition coefficient (Wildman–Crippen LogP) is 2.22. The molecule has 0 amide bonds. The molecule has 1 aromatic heterocycles. The molecule has 0 aliphatic rings. The van der Waals surface area contributed by atoms with Crippen LogP contribution in [0, 0.1) is 26.2 Å². The van der Waals surface area contributed by atoms with E-state index in [0.717, 1.165) is 5.69 Å². The molecule has 1 atom stereocenters. The smallest absolute Gasteiger partial charge is 0.339 e. The fourth-order valence-electron chi connectivity index (χ4n) is 1.71. The van der Waals surface area contributed by atoms with E-state index in [0.29, 0.717) is 17.8 Å².